The van der Waals surface area contributed by atoms with Crippen LogP contribution < -0.4 is 0 Å². The fourth-order valence-electron chi connectivity index (χ4n) is 5.91. The van der Waals surface area contributed by atoms with E-state index in [1.807, 2.05) is 12.1 Å². The third-order valence-corrected chi connectivity index (χ3v) is 9.03. The highest BCUT2D eigenvalue weighted by atomic mass is 35.5. The number of pyridine rings is 2. The maximum atomic E-state index is 7.18. The van der Waals surface area contributed by atoms with E-state index in [2.05, 4.69) is 56.5 Å². The van der Waals surface area contributed by atoms with Crippen molar-refractivity contribution in [2.75, 3.05) is 0 Å². The van der Waals surface area contributed by atoms with Gasteiger partial charge in [0.15, 0.2) is 5.65 Å². The van der Waals surface area contributed by atoms with Crippen molar-refractivity contribution in [1.29, 1.82) is 0 Å². The number of nitrogens with zero attached hydrogens (tertiary/aromatic N) is 11. The summed E-state index contributed by atoms with van der Waals surface area (Å²) in [5.74, 6) is 3.39. The summed E-state index contributed by atoms with van der Waals surface area (Å²) >= 11 is 6.07. The highest BCUT2D eigenvalue weighted by Gasteiger charge is 2.33. The van der Waals surface area contributed by atoms with Gasteiger partial charge in [0.25, 0.3) is 11.5 Å². The zero-order valence-electron chi connectivity index (χ0n) is 24.4. The molecule has 11 nitrogen and oxygen atoms in total. The molecule has 0 N–H and O–H groups in total. The largest absolute Gasteiger partial charge is 0.361 e. The Hall–Kier alpha value is -4.82. The van der Waals surface area contributed by atoms with Crippen LogP contribution in [0, 0.1) is 6.57 Å². The zero-order chi connectivity index (χ0) is 30.1. The molecule has 222 valence electrons. The summed E-state index contributed by atoms with van der Waals surface area (Å²) in [7, 11) is 0. The highest BCUT2D eigenvalue weighted by Crippen LogP contribution is 2.44. The van der Waals surface area contributed by atoms with E-state index in [1.165, 1.54) is 38.5 Å². The molecule has 0 radical (unpaired) electrons. The van der Waals surface area contributed by atoms with Crippen LogP contribution in [-0.4, -0.2) is 49.5 Å². The monoisotopic (exact) mass is 613 g/mol. The maximum Gasteiger partial charge on any atom is 0.271 e. The molecule has 6 aromatic heterocycles. The Morgan fingerprint density at radius 2 is 1.16 bits per heavy atom. The minimum atomic E-state index is 0.414. The SMILES string of the molecule is Clc1ccc2nc(-c3cnnc(C4CC4)c3)n(C3CC3)c2n1.[C-]#[N+]c1ccc2nc(-c3cnnc(C4CC4)c3)n(C3CC3)c2n1. The Labute approximate surface area is 263 Å². The van der Waals surface area contributed by atoms with Crippen LogP contribution in [0.3, 0.4) is 0 Å². The molecule has 0 bridgehead atoms. The molecule has 0 spiro atoms. The molecule has 4 saturated carbocycles. The topological polar surface area (TPSA) is 117 Å². The standard InChI is InChI=1S/C17H14N6.C16H14ClN5/c1-18-15-7-6-13-17(21-15)23(12-4-5-12)16(20-13)11-8-14(10-2-3-10)22-19-9-11;17-14-6-5-12-16(20-14)22(11-3-4-11)15(19-12)10-7-13(9-1-2-9)21-18-8-10/h6-10,12H,2-5H2;5-9,11H,1-4H2. The summed E-state index contributed by atoms with van der Waals surface area (Å²) in [6.07, 6.45) is 13.0. The van der Waals surface area contributed by atoms with Crippen LogP contribution in [0.25, 0.3) is 49.9 Å². The average Bonchev–Trinajstić information content (AvgIpc) is 3.88. The first kappa shape index (κ1) is 26.6. The summed E-state index contributed by atoms with van der Waals surface area (Å²) in [4.78, 5) is 22.0. The highest BCUT2D eigenvalue weighted by molar-refractivity contribution is 6.29. The van der Waals surface area contributed by atoms with E-state index in [0.29, 0.717) is 34.9 Å². The van der Waals surface area contributed by atoms with E-state index >= 15 is 0 Å². The van der Waals surface area contributed by atoms with Crippen LogP contribution in [0.5, 0.6) is 0 Å². The van der Waals surface area contributed by atoms with E-state index in [4.69, 9.17) is 28.1 Å². The van der Waals surface area contributed by atoms with E-state index in [1.54, 1.807) is 24.5 Å². The first-order chi connectivity index (χ1) is 22.1. The molecule has 4 aliphatic rings. The van der Waals surface area contributed by atoms with Crippen LogP contribution >= 0.6 is 11.6 Å². The molecule has 10 rings (SSSR count). The second kappa shape index (κ2) is 10.4. The first-order valence-corrected chi connectivity index (χ1v) is 16.0. The van der Waals surface area contributed by atoms with Gasteiger partial charge in [-0.1, -0.05) is 23.2 Å². The van der Waals surface area contributed by atoms with Crippen molar-refractivity contribution in [3.05, 3.63) is 76.8 Å². The van der Waals surface area contributed by atoms with Crippen molar-refractivity contribution in [2.24, 2.45) is 0 Å². The van der Waals surface area contributed by atoms with Crippen molar-refractivity contribution in [1.82, 2.24) is 49.5 Å². The van der Waals surface area contributed by atoms with Gasteiger partial charge in [-0.25, -0.2) is 15.0 Å². The molecule has 6 heterocycles. The Morgan fingerprint density at radius 3 is 1.64 bits per heavy atom. The fraction of sp³-hybridized carbons (Fsp3) is 0.364. The second-order valence-corrected chi connectivity index (χ2v) is 12.8. The molecule has 0 unspecified atom stereocenters. The summed E-state index contributed by atoms with van der Waals surface area (Å²) in [6.45, 7) is 7.18. The third kappa shape index (κ3) is 5.09. The maximum absolute atomic E-state index is 7.18. The number of fused-ring (bicyclic) bond motifs is 2. The van der Waals surface area contributed by atoms with Crippen molar-refractivity contribution in [2.45, 2.75) is 75.3 Å². The summed E-state index contributed by atoms with van der Waals surface area (Å²) < 4.78 is 4.40. The molecule has 0 saturated heterocycles. The lowest BCUT2D eigenvalue weighted by Crippen LogP contribution is -2.00. The Bertz CT molecular complexity index is 2150. The van der Waals surface area contributed by atoms with Gasteiger partial charge in [0.2, 0.25) is 0 Å². The Morgan fingerprint density at radius 1 is 0.644 bits per heavy atom. The van der Waals surface area contributed by atoms with Gasteiger partial charge in [0, 0.05) is 35.0 Å². The van der Waals surface area contributed by atoms with Gasteiger partial charge >= 0.3 is 0 Å². The van der Waals surface area contributed by atoms with E-state index < -0.39 is 0 Å². The average molecular weight is 614 g/mol. The van der Waals surface area contributed by atoms with Gasteiger partial charge in [-0.3, -0.25) is 4.57 Å². The molecule has 4 fully saturated rings. The van der Waals surface area contributed by atoms with Crippen LogP contribution in [0.1, 0.15) is 86.7 Å². The van der Waals surface area contributed by atoms with Gasteiger partial charge in [-0.15, -0.1) is 0 Å². The molecule has 0 aliphatic heterocycles. The van der Waals surface area contributed by atoms with Crippen molar-refractivity contribution in [3.8, 4) is 22.8 Å². The number of rotatable bonds is 6. The Balaban J connectivity index is 0.000000125. The normalized spacial score (nSPS) is 17.7. The number of hydrogen-bond acceptors (Lipinski definition) is 8. The molecule has 12 heteroatoms. The number of halogens is 1. The second-order valence-electron chi connectivity index (χ2n) is 12.5. The predicted molar refractivity (Wildman–Crippen MR) is 169 cm³/mol. The van der Waals surface area contributed by atoms with E-state index in [0.717, 1.165) is 69.3 Å². The van der Waals surface area contributed by atoms with Crippen molar-refractivity contribution in [3.63, 3.8) is 0 Å². The van der Waals surface area contributed by atoms with E-state index in [-0.39, 0.29) is 0 Å². The van der Waals surface area contributed by atoms with Crippen LogP contribution in [0.15, 0.2) is 48.8 Å². The summed E-state index contributed by atoms with van der Waals surface area (Å²) in [5.41, 5.74) is 7.56. The summed E-state index contributed by atoms with van der Waals surface area (Å²) in [6, 6.07) is 12.5. The van der Waals surface area contributed by atoms with Crippen molar-refractivity contribution >= 4 is 39.7 Å². The number of aromatic nitrogens is 10. The molecular weight excluding hydrogens is 586 g/mol. The zero-order valence-corrected chi connectivity index (χ0v) is 25.1. The van der Waals surface area contributed by atoms with Crippen LogP contribution in [-0.2, 0) is 0 Å². The molecule has 0 aromatic carbocycles. The minimum absolute atomic E-state index is 0.414. The molecule has 0 amide bonds. The Kier molecular flexibility index (Phi) is 6.13. The summed E-state index contributed by atoms with van der Waals surface area (Å²) in [5, 5.41) is 17.4. The molecular formula is C33H28ClN11. The number of imidazole rings is 2. The third-order valence-electron chi connectivity index (χ3n) is 8.82. The lowest BCUT2D eigenvalue weighted by Gasteiger charge is -2.07. The van der Waals surface area contributed by atoms with Gasteiger partial charge < -0.3 is 9.41 Å². The lowest BCUT2D eigenvalue weighted by atomic mass is 10.2. The van der Waals surface area contributed by atoms with Gasteiger partial charge in [-0.2, -0.15) is 20.4 Å². The molecule has 6 aromatic rings. The molecule has 45 heavy (non-hydrogen) atoms. The lowest BCUT2D eigenvalue weighted by molar-refractivity contribution is 0.764. The first-order valence-electron chi connectivity index (χ1n) is 15.6. The van der Waals surface area contributed by atoms with Crippen LogP contribution in [0.4, 0.5) is 5.82 Å². The van der Waals surface area contributed by atoms with Gasteiger partial charge in [-0.05, 0) is 87.8 Å². The van der Waals surface area contributed by atoms with Gasteiger partial charge in [0.1, 0.15) is 27.8 Å². The molecule has 0 atom stereocenters. The number of hydrogen-bond donors (Lipinski definition) is 0. The van der Waals surface area contributed by atoms with E-state index in [9.17, 15) is 0 Å². The van der Waals surface area contributed by atoms with Crippen molar-refractivity contribution < 1.29 is 0 Å². The van der Waals surface area contributed by atoms with Crippen LogP contribution in [0.2, 0.25) is 5.15 Å². The minimum Gasteiger partial charge on any atom is -0.361 e. The van der Waals surface area contributed by atoms with Gasteiger partial charge in [0.05, 0.1) is 23.8 Å². The molecule has 4 aliphatic carbocycles. The fourth-order valence-corrected chi connectivity index (χ4v) is 6.05. The predicted octanol–water partition coefficient (Wildman–Crippen LogP) is 7.41. The quantitative estimate of drug-likeness (QED) is 0.141. The smallest absolute Gasteiger partial charge is 0.271 e.